The molecule has 0 aromatic carbocycles. The molecule has 0 spiro atoms. The molecule has 6 nitrogen and oxygen atoms in total. The minimum atomic E-state index is -3.65. The molecule has 0 bridgehead atoms. The SMILES string of the molecule is O[C@@H]1C(F)=C(c2nc(NC3CC(F)(F)C3)nc(NC3CC(F)(F)C3)n2)CCC1(F)F. The maximum atomic E-state index is 14.4. The Labute approximate surface area is 166 Å². The van der Waals surface area contributed by atoms with Gasteiger partial charge in [0, 0.05) is 49.8 Å². The van der Waals surface area contributed by atoms with Crippen LogP contribution in [0.4, 0.5) is 42.6 Å². The quantitative estimate of drug-likeness (QED) is 0.604. The Morgan fingerprint density at radius 2 is 1.27 bits per heavy atom. The molecule has 0 aliphatic heterocycles. The van der Waals surface area contributed by atoms with Crippen molar-refractivity contribution in [1.29, 1.82) is 0 Å². The molecule has 1 heterocycles. The summed E-state index contributed by atoms with van der Waals surface area (Å²) in [7, 11) is 0. The molecule has 4 rings (SSSR count). The predicted octanol–water partition coefficient (Wildman–Crippen LogP) is 3.76. The van der Waals surface area contributed by atoms with E-state index in [1.54, 1.807) is 0 Å². The van der Waals surface area contributed by atoms with Gasteiger partial charge < -0.3 is 15.7 Å². The van der Waals surface area contributed by atoms with Gasteiger partial charge in [0.1, 0.15) is 5.83 Å². The maximum Gasteiger partial charge on any atom is 0.280 e. The Bertz CT molecular complexity index is 818. The third kappa shape index (κ3) is 4.16. The number of alkyl halides is 6. The van der Waals surface area contributed by atoms with Crippen LogP contribution in [-0.4, -0.2) is 56.0 Å². The smallest absolute Gasteiger partial charge is 0.280 e. The molecule has 0 radical (unpaired) electrons. The lowest BCUT2D eigenvalue weighted by Crippen LogP contribution is -2.45. The van der Waals surface area contributed by atoms with Crippen molar-refractivity contribution in [1.82, 2.24) is 15.0 Å². The van der Waals surface area contributed by atoms with Crippen LogP contribution in [0.1, 0.15) is 44.3 Å². The van der Waals surface area contributed by atoms with Gasteiger partial charge in [-0.2, -0.15) is 15.0 Å². The number of aromatic nitrogens is 3. The second-order valence-electron chi connectivity index (χ2n) is 8.01. The fraction of sp³-hybridized carbons (Fsp3) is 0.706. The highest BCUT2D eigenvalue weighted by Crippen LogP contribution is 2.42. The van der Waals surface area contributed by atoms with Crippen molar-refractivity contribution in [2.45, 2.75) is 74.5 Å². The highest BCUT2D eigenvalue weighted by atomic mass is 19.3. The molecular formula is C17H18F7N5O. The van der Waals surface area contributed by atoms with E-state index in [0.29, 0.717) is 0 Å². The first-order valence-corrected chi connectivity index (χ1v) is 9.33. The van der Waals surface area contributed by atoms with Crippen molar-refractivity contribution in [2.24, 2.45) is 0 Å². The molecule has 3 aliphatic carbocycles. The Morgan fingerprint density at radius 3 is 1.70 bits per heavy atom. The van der Waals surface area contributed by atoms with Crippen LogP contribution in [0.2, 0.25) is 0 Å². The van der Waals surface area contributed by atoms with E-state index >= 15 is 0 Å². The number of aliphatic hydroxyl groups excluding tert-OH is 1. The summed E-state index contributed by atoms with van der Waals surface area (Å²) in [6.45, 7) is 0. The van der Waals surface area contributed by atoms with Crippen LogP contribution in [0.25, 0.3) is 5.57 Å². The highest BCUT2D eigenvalue weighted by molar-refractivity contribution is 5.66. The van der Waals surface area contributed by atoms with E-state index < -0.39 is 80.3 Å². The molecule has 3 aliphatic rings. The number of nitrogens with zero attached hydrogens (tertiary/aromatic N) is 3. The first-order chi connectivity index (χ1) is 13.8. The molecular weight excluding hydrogens is 423 g/mol. The van der Waals surface area contributed by atoms with Gasteiger partial charge in [0.25, 0.3) is 17.8 Å². The largest absolute Gasteiger partial charge is 0.380 e. The van der Waals surface area contributed by atoms with Crippen molar-refractivity contribution in [3.8, 4) is 0 Å². The third-order valence-corrected chi connectivity index (χ3v) is 5.39. The number of nitrogens with one attached hydrogen (secondary N) is 2. The van der Waals surface area contributed by atoms with Crippen LogP contribution < -0.4 is 10.6 Å². The van der Waals surface area contributed by atoms with Gasteiger partial charge in [0.2, 0.25) is 11.9 Å². The molecule has 166 valence electrons. The van der Waals surface area contributed by atoms with Gasteiger partial charge in [-0.15, -0.1) is 0 Å². The molecule has 0 unspecified atom stereocenters. The van der Waals surface area contributed by atoms with Crippen molar-refractivity contribution in [3.63, 3.8) is 0 Å². The van der Waals surface area contributed by atoms with E-state index in [1.807, 2.05) is 0 Å². The van der Waals surface area contributed by atoms with Gasteiger partial charge in [-0.1, -0.05) is 0 Å². The minimum absolute atomic E-state index is 0.221. The number of halogens is 7. The van der Waals surface area contributed by atoms with Crippen molar-refractivity contribution in [2.75, 3.05) is 10.6 Å². The lowest BCUT2D eigenvalue weighted by molar-refractivity contribution is -0.107. The summed E-state index contributed by atoms with van der Waals surface area (Å²) >= 11 is 0. The lowest BCUT2D eigenvalue weighted by atomic mass is 9.88. The van der Waals surface area contributed by atoms with E-state index in [1.165, 1.54) is 0 Å². The molecule has 1 aromatic rings. The summed E-state index contributed by atoms with van der Waals surface area (Å²) in [6, 6.07) is -1.34. The Kier molecular flexibility index (Phi) is 4.86. The summed E-state index contributed by atoms with van der Waals surface area (Å²) in [5, 5.41) is 14.8. The number of allylic oxidation sites excluding steroid dienone is 1. The van der Waals surface area contributed by atoms with Gasteiger partial charge in [0.05, 0.1) is 0 Å². The van der Waals surface area contributed by atoms with E-state index in [-0.39, 0.29) is 23.3 Å². The minimum Gasteiger partial charge on any atom is -0.380 e. The molecule has 2 saturated carbocycles. The Hall–Kier alpha value is -2.18. The van der Waals surface area contributed by atoms with Crippen LogP contribution in [0.3, 0.4) is 0 Å². The zero-order valence-corrected chi connectivity index (χ0v) is 15.4. The summed E-state index contributed by atoms with van der Waals surface area (Å²) in [5.41, 5.74) is -0.375. The van der Waals surface area contributed by atoms with Crippen molar-refractivity contribution >= 4 is 17.5 Å². The van der Waals surface area contributed by atoms with Gasteiger partial charge in [0.15, 0.2) is 11.9 Å². The predicted molar refractivity (Wildman–Crippen MR) is 91.2 cm³/mol. The molecule has 3 N–H and O–H groups in total. The summed E-state index contributed by atoms with van der Waals surface area (Å²) in [4.78, 5) is 11.8. The number of anilines is 2. The molecule has 2 fully saturated rings. The topological polar surface area (TPSA) is 83.0 Å². The van der Waals surface area contributed by atoms with Gasteiger partial charge in [-0.05, 0) is 6.42 Å². The maximum absolute atomic E-state index is 14.4. The van der Waals surface area contributed by atoms with Gasteiger partial charge in [-0.3, -0.25) is 0 Å². The molecule has 0 saturated heterocycles. The van der Waals surface area contributed by atoms with Crippen LogP contribution in [-0.2, 0) is 0 Å². The standard InChI is InChI=1S/C17H18F7N5O/c18-10-9(1-2-17(23,24)11(10)30)12-27-13(25-7-3-15(19,20)4-7)29-14(28-12)26-8-5-16(21,22)6-8/h7-8,11,30H,1-6H2,(H2,25,26,27,28,29)/t11-/m1/s1. The summed E-state index contributed by atoms with van der Waals surface area (Å²) in [5.74, 6) is -11.6. The first kappa shape index (κ1) is 21.1. The molecule has 13 heteroatoms. The monoisotopic (exact) mass is 441 g/mol. The van der Waals surface area contributed by atoms with Gasteiger partial charge in [-0.25, -0.2) is 30.7 Å². The second kappa shape index (κ2) is 6.92. The lowest BCUT2D eigenvalue weighted by Gasteiger charge is -2.36. The normalized spacial score (nSPS) is 27.9. The second-order valence-corrected chi connectivity index (χ2v) is 8.01. The van der Waals surface area contributed by atoms with E-state index in [0.717, 1.165) is 0 Å². The zero-order valence-electron chi connectivity index (χ0n) is 15.4. The fourth-order valence-electron chi connectivity index (χ4n) is 3.65. The van der Waals surface area contributed by atoms with Crippen molar-refractivity contribution < 1.29 is 35.8 Å². The van der Waals surface area contributed by atoms with Gasteiger partial charge >= 0.3 is 0 Å². The Balaban J connectivity index is 1.61. The van der Waals surface area contributed by atoms with Crippen LogP contribution in [0.15, 0.2) is 5.83 Å². The van der Waals surface area contributed by atoms with E-state index in [4.69, 9.17) is 0 Å². The summed E-state index contributed by atoms with van der Waals surface area (Å²) in [6.07, 6.45) is -5.91. The number of rotatable bonds is 5. The van der Waals surface area contributed by atoms with Crippen molar-refractivity contribution in [3.05, 3.63) is 11.7 Å². The number of hydrogen-bond donors (Lipinski definition) is 3. The highest BCUT2D eigenvalue weighted by Gasteiger charge is 2.48. The van der Waals surface area contributed by atoms with Crippen LogP contribution in [0, 0.1) is 0 Å². The number of aliphatic hydroxyl groups is 1. The van der Waals surface area contributed by atoms with Crippen LogP contribution >= 0.6 is 0 Å². The first-order valence-electron chi connectivity index (χ1n) is 9.33. The van der Waals surface area contributed by atoms with E-state index in [9.17, 15) is 35.8 Å². The third-order valence-electron chi connectivity index (χ3n) is 5.39. The summed E-state index contributed by atoms with van der Waals surface area (Å²) < 4.78 is 93.8. The zero-order chi connectivity index (χ0) is 21.9. The average molecular weight is 441 g/mol. The fourth-order valence-corrected chi connectivity index (χ4v) is 3.65. The average Bonchev–Trinajstić information content (AvgIpc) is 2.56. The molecule has 1 aromatic heterocycles. The Morgan fingerprint density at radius 1 is 0.800 bits per heavy atom. The molecule has 30 heavy (non-hydrogen) atoms. The molecule has 0 amide bonds. The van der Waals surface area contributed by atoms with E-state index in [2.05, 4.69) is 25.6 Å². The van der Waals surface area contributed by atoms with Crippen LogP contribution in [0.5, 0.6) is 0 Å². The molecule has 1 atom stereocenters. The number of hydrogen-bond acceptors (Lipinski definition) is 6.